The van der Waals surface area contributed by atoms with E-state index in [0.717, 1.165) is 5.56 Å². The second-order valence-electron chi connectivity index (χ2n) is 3.14. The molecule has 1 aromatic heterocycles. The van der Waals surface area contributed by atoms with Crippen molar-refractivity contribution in [3.05, 3.63) is 32.2 Å². The first kappa shape index (κ1) is 9.94. The van der Waals surface area contributed by atoms with E-state index in [4.69, 9.17) is 5.26 Å². The first-order chi connectivity index (χ1) is 6.74. The molecule has 3 heteroatoms. The first-order valence-corrected chi connectivity index (χ1v) is 6.22. The highest BCUT2D eigenvalue weighted by Gasteiger charge is 2.07. The highest BCUT2D eigenvalue weighted by molar-refractivity contribution is 14.1. The molecule has 0 bridgehead atoms. The molecule has 14 heavy (non-hydrogen) atoms. The van der Waals surface area contributed by atoms with Crippen molar-refractivity contribution in [1.29, 1.82) is 5.26 Å². The average molecular weight is 313 g/mol. The summed E-state index contributed by atoms with van der Waals surface area (Å²) in [6.07, 6.45) is 0.510. The van der Waals surface area contributed by atoms with Gasteiger partial charge in [0.15, 0.2) is 0 Å². The Morgan fingerprint density at radius 2 is 2.36 bits per heavy atom. The van der Waals surface area contributed by atoms with Crippen molar-refractivity contribution >= 4 is 44.0 Å². The van der Waals surface area contributed by atoms with Crippen LogP contribution < -0.4 is 0 Å². The van der Waals surface area contributed by atoms with Crippen molar-refractivity contribution in [2.24, 2.45) is 0 Å². The molecular formula is C11H8INS. The van der Waals surface area contributed by atoms with Gasteiger partial charge in [-0.3, -0.25) is 0 Å². The van der Waals surface area contributed by atoms with Crippen LogP contribution in [-0.2, 0) is 6.42 Å². The summed E-state index contributed by atoms with van der Waals surface area (Å²) in [7, 11) is 0. The molecule has 0 saturated carbocycles. The third-order valence-electron chi connectivity index (χ3n) is 2.32. The van der Waals surface area contributed by atoms with Crippen molar-refractivity contribution in [3.63, 3.8) is 0 Å². The molecule has 1 aromatic carbocycles. The van der Waals surface area contributed by atoms with Crippen LogP contribution in [-0.4, -0.2) is 0 Å². The maximum absolute atomic E-state index is 8.71. The van der Waals surface area contributed by atoms with Crippen LogP contribution in [0.4, 0.5) is 0 Å². The van der Waals surface area contributed by atoms with Gasteiger partial charge in [-0.15, -0.1) is 11.3 Å². The van der Waals surface area contributed by atoms with Crippen LogP contribution in [0.25, 0.3) is 10.1 Å². The van der Waals surface area contributed by atoms with Gasteiger partial charge in [-0.05, 0) is 58.2 Å². The van der Waals surface area contributed by atoms with E-state index in [1.807, 2.05) is 0 Å². The molecule has 0 atom stereocenters. The number of nitriles is 1. The molecule has 0 radical (unpaired) electrons. The zero-order chi connectivity index (χ0) is 10.1. The minimum absolute atomic E-state index is 0.510. The second-order valence-corrected chi connectivity index (χ2v) is 5.22. The molecular weight excluding hydrogens is 305 g/mol. The van der Waals surface area contributed by atoms with E-state index in [0.29, 0.717) is 6.42 Å². The summed E-state index contributed by atoms with van der Waals surface area (Å²) < 4.78 is 2.57. The monoisotopic (exact) mass is 313 g/mol. The standard InChI is InChI=1S/C11H8INS/c1-7-8(2-4-13)6-10(12)9-3-5-14-11(7)9/h3,5-6H,2H2,1H3. The largest absolute Gasteiger partial charge is 0.198 e. The number of hydrogen-bond acceptors (Lipinski definition) is 2. The van der Waals surface area contributed by atoms with Gasteiger partial charge in [0.25, 0.3) is 0 Å². The zero-order valence-electron chi connectivity index (χ0n) is 7.67. The molecule has 1 nitrogen and oxygen atoms in total. The summed E-state index contributed by atoms with van der Waals surface area (Å²) in [5, 5.41) is 12.1. The van der Waals surface area contributed by atoms with Crippen LogP contribution in [0.2, 0.25) is 0 Å². The van der Waals surface area contributed by atoms with Gasteiger partial charge in [-0.1, -0.05) is 0 Å². The molecule has 0 aliphatic carbocycles. The minimum Gasteiger partial charge on any atom is -0.198 e. The number of benzene rings is 1. The topological polar surface area (TPSA) is 23.8 Å². The molecule has 0 amide bonds. The van der Waals surface area contributed by atoms with Gasteiger partial charge in [0.1, 0.15) is 0 Å². The highest BCUT2D eigenvalue weighted by Crippen LogP contribution is 2.31. The van der Waals surface area contributed by atoms with Crippen molar-refractivity contribution < 1.29 is 0 Å². The molecule has 2 rings (SSSR count). The Morgan fingerprint density at radius 1 is 1.57 bits per heavy atom. The summed E-state index contributed by atoms with van der Waals surface area (Å²) in [6.45, 7) is 2.10. The van der Waals surface area contributed by atoms with Crippen LogP contribution in [0.5, 0.6) is 0 Å². The summed E-state index contributed by atoms with van der Waals surface area (Å²) in [4.78, 5) is 0. The molecule has 0 spiro atoms. The summed E-state index contributed by atoms with van der Waals surface area (Å²) in [5.41, 5.74) is 2.42. The predicted octanol–water partition coefficient (Wildman–Crippen LogP) is 3.88. The Morgan fingerprint density at radius 3 is 3.07 bits per heavy atom. The van der Waals surface area contributed by atoms with Gasteiger partial charge in [0.2, 0.25) is 0 Å². The van der Waals surface area contributed by atoms with Gasteiger partial charge >= 0.3 is 0 Å². The number of hydrogen-bond donors (Lipinski definition) is 0. The Balaban J connectivity index is 2.76. The highest BCUT2D eigenvalue weighted by atomic mass is 127. The quantitative estimate of drug-likeness (QED) is 0.733. The first-order valence-electron chi connectivity index (χ1n) is 4.26. The summed E-state index contributed by atoms with van der Waals surface area (Å²) >= 11 is 4.09. The number of thiophene rings is 1. The van der Waals surface area contributed by atoms with E-state index in [-0.39, 0.29) is 0 Å². The summed E-state index contributed by atoms with van der Waals surface area (Å²) in [5.74, 6) is 0. The minimum atomic E-state index is 0.510. The molecule has 2 aromatic rings. The van der Waals surface area contributed by atoms with Crippen molar-refractivity contribution in [3.8, 4) is 6.07 Å². The van der Waals surface area contributed by atoms with Crippen LogP contribution in [0.15, 0.2) is 17.5 Å². The number of halogens is 1. The lowest BCUT2D eigenvalue weighted by atomic mass is 10.0. The van der Waals surface area contributed by atoms with E-state index in [1.54, 1.807) is 11.3 Å². The third-order valence-corrected chi connectivity index (χ3v) is 4.24. The molecule has 0 aliphatic heterocycles. The molecule has 0 aliphatic rings. The maximum atomic E-state index is 8.71. The Kier molecular flexibility index (Phi) is 2.75. The Hall–Kier alpha value is -0.600. The Bertz CT molecular complexity index is 522. The van der Waals surface area contributed by atoms with Crippen LogP contribution in [0, 0.1) is 21.8 Å². The number of nitrogens with zero attached hydrogens (tertiary/aromatic N) is 1. The third kappa shape index (κ3) is 1.53. The maximum Gasteiger partial charge on any atom is 0.0669 e. The van der Waals surface area contributed by atoms with Crippen molar-refractivity contribution in [1.82, 2.24) is 0 Å². The van der Waals surface area contributed by atoms with E-state index >= 15 is 0 Å². The molecule has 0 saturated heterocycles. The van der Waals surface area contributed by atoms with E-state index in [9.17, 15) is 0 Å². The number of fused-ring (bicyclic) bond motifs is 1. The molecule has 0 unspecified atom stereocenters. The lowest BCUT2D eigenvalue weighted by Gasteiger charge is -2.04. The van der Waals surface area contributed by atoms with Gasteiger partial charge < -0.3 is 0 Å². The van der Waals surface area contributed by atoms with Gasteiger partial charge in [-0.2, -0.15) is 5.26 Å². The number of aryl methyl sites for hydroxylation is 1. The Labute approximate surface area is 101 Å². The lowest BCUT2D eigenvalue weighted by molar-refractivity contribution is 1.23. The lowest BCUT2D eigenvalue weighted by Crippen LogP contribution is -1.89. The smallest absolute Gasteiger partial charge is 0.0669 e. The fourth-order valence-corrected chi connectivity index (χ4v) is 3.50. The van der Waals surface area contributed by atoms with Gasteiger partial charge in [0, 0.05) is 13.7 Å². The predicted molar refractivity (Wildman–Crippen MR) is 68.6 cm³/mol. The molecule has 0 fully saturated rings. The van der Waals surface area contributed by atoms with Crippen LogP contribution in [0.1, 0.15) is 11.1 Å². The second kappa shape index (κ2) is 3.87. The fourth-order valence-electron chi connectivity index (χ4n) is 1.54. The van der Waals surface area contributed by atoms with E-state index < -0.39 is 0 Å². The van der Waals surface area contributed by atoms with E-state index in [2.05, 4.69) is 53.1 Å². The van der Waals surface area contributed by atoms with Crippen molar-refractivity contribution in [2.45, 2.75) is 13.3 Å². The van der Waals surface area contributed by atoms with E-state index in [1.165, 1.54) is 19.2 Å². The SMILES string of the molecule is Cc1c(CC#N)cc(I)c2ccsc12. The van der Waals surface area contributed by atoms with Gasteiger partial charge in [0.05, 0.1) is 12.5 Å². The normalized spacial score (nSPS) is 10.4. The van der Waals surface area contributed by atoms with Crippen molar-refractivity contribution in [2.75, 3.05) is 0 Å². The molecule has 1 heterocycles. The van der Waals surface area contributed by atoms with Gasteiger partial charge in [-0.25, -0.2) is 0 Å². The molecule has 0 N–H and O–H groups in total. The average Bonchev–Trinajstić information content (AvgIpc) is 2.63. The fraction of sp³-hybridized carbons (Fsp3) is 0.182. The zero-order valence-corrected chi connectivity index (χ0v) is 10.6. The van der Waals surface area contributed by atoms with Crippen LogP contribution in [0.3, 0.4) is 0 Å². The van der Waals surface area contributed by atoms with Crippen LogP contribution >= 0.6 is 33.9 Å². The molecule has 70 valence electrons. The number of rotatable bonds is 1. The summed E-state index contributed by atoms with van der Waals surface area (Å²) in [6, 6.07) is 6.47.